The Bertz CT molecular complexity index is 769. The molecule has 1 amide bonds. The predicted octanol–water partition coefficient (Wildman–Crippen LogP) is 1.55. The molecule has 1 atom stereocenters. The van der Waals surface area contributed by atoms with Crippen LogP contribution < -0.4 is 5.32 Å². The lowest BCUT2D eigenvalue weighted by Gasteiger charge is -2.24. The molecule has 3 rings (SSSR count). The number of aromatic nitrogens is 1. The summed E-state index contributed by atoms with van der Waals surface area (Å²) in [5, 5.41) is 2.77. The van der Waals surface area contributed by atoms with Gasteiger partial charge in [-0.3, -0.25) is 4.79 Å². The maximum Gasteiger partial charge on any atom is 0.245 e. The first-order valence-corrected chi connectivity index (χ1v) is 7.97. The molecule has 0 spiro atoms. The Labute approximate surface area is 122 Å². The van der Waals surface area contributed by atoms with E-state index in [-0.39, 0.29) is 17.3 Å². The molecule has 1 aliphatic heterocycles. The van der Waals surface area contributed by atoms with Crippen molar-refractivity contribution in [3.8, 4) is 0 Å². The molecule has 0 aliphatic carbocycles. The lowest BCUT2D eigenvalue weighted by atomic mass is 10.2. The van der Waals surface area contributed by atoms with Gasteiger partial charge in [-0.1, -0.05) is 18.2 Å². The summed E-state index contributed by atoms with van der Waals surface area (Å²) in [4.78, 5) is 15.1. The molecule has 2 heterocycles. The number of nitrogens with one attached hydrogen (secondary N) is 2. The highest BCUT2D eigenvalue weighted by atomic mass is 32.2. The molecular weight excluding hydrogens is 290 g/mol. The van der Waals surface area contributed by atoms with E-state index in [0.717, 1.165) is 5.56 Å². The first kappa shape index (κ1) is 13.8. The average Bonchev–Trinajstić information content (AvgIpc) is 2.96. The molecule has 110 valence electrons. The number of benzene rings is 1. The minimum absolute atomic E-state index is 0.154. The fraction of sp³-hybridized carbons (Fsp3) is 0.214. The number of nitrogens with zero attached hydrogens (tertiary/aromatic N) is 1. The summed E-state index contributed by atoms with van der Waals surface area (Å²) in [7, 11) is -3.73. The molecular formula is C14H15N3O3S. The number of amides is 1. The van der Waals surface area contributed by atoms with Crippen LogP contribution in [0.15, 0.2) is 47.6 Å². The molecule has 1 unspecified atom stereocenters. The van der Waals surface area contributed by atoms with E-state index in [9.17, 15) is 13.2 Å². The summed E-state index contributed by atoms with van der Waals surface area (Å²) in [6.07, 6.45) is 2.96. The molecule has 0 bridgehead atoms. The minimum atomic E-state index is -3.73. The predicted molar refractivity (Wildman–Crippen MR) is 78.1 cm³/mol. The summed E-state index contributed by atoms with van der Waals surface area (Å²) in [6.45, 7) is 1.75. The van der Waals surface area contributed by atoms with Crippen LogP contribution in [0, 0.1) is 0 Å². The van der Waals surface area contributed by atoms with Gasteiger partial charge in [-0.05, 0) is 24.6 Å². The van der Waals surface area contributed by atoms with Gasteiger partial charge < -0.3 is 10.3 Å². The zero-order chi connectivity index (χ0) is 15.0. The molecule has 1 aromatic carbocycles. The first-order chi connectivity index (χ1) is 10.00. The van der Waals surface area contributed by atoms with Gasteiger partial charge in [0, 0.05) is 24.6 Å². The van der Waals surface area contributed by atoms with E-state index >= 15 is 0 Å². The van der Waals surface area contributed by atoms with Crippen molar-refractivity contribution in [3.63, 3.8) is 0 Å². The smallest absolute Gasteiger partial charge is 0.245 e. The standard InChI is InChI=1S/C14H15N3O3S/c1-10-14(18)16-13-5-3-2-4-11(13)9-17(10)21(19,20)12-6-7-15-8-12/h2-8,10,15H,9H2,1H3,(H,16,18). The number of para-hydroxylation sites is 1. The van der Waals surface area contributed by atoms with Gasteiger partial charge >= 0.3 is 0 Å². The third-order valence-electron chi connectivity index (χ3n) is 3.59. The Balaban J connectivity index is 2.08. The fourth-order valence-electron chi connectivity index (χ4n) is 2.35. The summed E-state index contributed by atoms with van der Waals surface area (Å²) in [6, 6.07) is 7.91. The van der Waals surface area contributed by atoms with E-state index in [0.29, 0.717) is 5.69 Å². The van der Waals surface area contributed by atoms with Gasteiger partial charge in [0.05, 0.1) is 4.90 Å². The van der Waals surface area contributed by atoms with Gasteiger partial charge in [0.1, 0.15) is 6.04 Å². The number of rotatable bonds is 2. The molecule has 6 nitrogen and oxygen atoms in total. The van der Waals surface area contributed by atoms with E-state index in [1.165, 1.54) is 16.6 Å². The first-order valence-electron chi connectivity index (χ1n) is 6.53. The highest BCUT2D eigenvalue weighted by Gasteiger charge is 2.36. The van der Waals surface area contributed by atoms with Crippen molar-refractivity contribution >= 4 is 21.6 Å². The van der Waals surface area contributed by atoms with Crippen LogP contribution in [-0.2, 0) is 21.4 Å². The van der Waals surface area contributed by atoms with Gasteiger partial charge in [-0.25, -0.2) is 8.42 Å². The Kier molecular flexibility index (Phi) is 3.30. The molecule has 1 aliphatic rings. The number of anilines is 1. The normalized spacial score (nSPS) is 19.7. The van der Waals surface area contributed by atoms with Crippen LogP contribution in [0.5, 0.6) is 0 Å². The SMILES string of the molecule is CC1C(=O)Nc2ccccc2CN1S(=O)(=O)c1cc[nH]c1. The third-order valence-corrected chi connectivity index (χ3v) is 5.50. The molecule has 0 saturated carbocycles. The number of sulfonamides is 1. The molecule has 0 fully saturated rings. The number of hydrogen-bond donors (Lipinski definition) is 2. The van der Waals surface area contributed by atoms with Crippen LogP contribution in [0.2, 0.25) is 0 Å². The summed E-state index contributed by atoms with van der Waals surface area (Å²) >= 11 is 0. The monoisotopic (exact) mass is 305 g/mol. The maximum atomic E-state index is 12.7. The van der Waals surface area contributed by atoms with E-state index in [4.69, 9.17) is 0 Å². The molecule has 2 N–H and O–H groups in total. The third kappa shape index (κ3) is 2.34. The van der Waals surface area contributed by atoms with Crippen LogP contribution in [0.1, 0.15) is 12.5 Å². The number of carbonyl (C=O) groups is 1. The van der Waals surface area contributed by atoms with E-state index in [1.807, 2.05) is 12.1 Å². The van der Waals surface area contributed by atoms with Crippen molar-refractivity contribution in [1.82, 2.24) is 9.29 Å². The number of hydrogen-bond acceptors (Lipinski definition) is 3. The van der Waals surface area contributed by atoms with Crippen molar-refractivity contribution in [2.24, 2.45) is 0 Å². The van der Waals surface area contributed by atoms with Crippen molar-refractivity contribution in [1.29, 1.82) is 0 Å². The number of carbonyl (C=O) groups excluding carboxylic acids is 1. The Morgan fingerprint density at radius 2 is 2.00 bits per heavy atom. The van der Waals surface area contributed by atoms with Crippen LogP contribution in [0.25, 0.3) is 0 Å². The molecule has 21 heavy (non-hydrogen) atoms. The van der Waals surface area contributed by atoms with Gasteiger partial charge in [0.25, 0.3) is 0 Å². The summed E-state index contributed by atoms with van der Waals surface area (Å²) < 4.78 is 26.6. The zero-order valence-corrected chi connectivity index (χ0v) is 12.2. The van der Waals surface area contributed by atoms with Crippen LogP contribution >= 0.6 is 0 Å². The Morgan fingerprint density at radius 1 is 1.24 bits per heavy atom. The lowest BCUT2D eigenvalue weighted by Crippen LogP contribution is -2.43. The van der Waals surface area contributed by atoms with Crippen molar-refractivity contribution in [2.45, 2.75) is 24.4 Å². The van der Waals surface area contributed by atoms with Crippen molar-refractivity contribution < 1.29 is 13.2 Å². The maximum absolute atomic E-state index is 12.7. The molecule has 2 aromatic rings. The van der Waals surface area contributed by atoms with Gasteiger partial charge in [0.15, 0.2) is 0 Å². The van der Waals surface area contributed by atoms with E-state index < -0.39 is 16.1 Å². The average molecular weight is 305 g/mol. The molecule has 0 saturated heterocycles. The Hall–Kier alpha value is -2.12. The van der Waals surface area contributed by atoms with Gasteiger partial charge in [0.2, 0.25) is 15.9 Å². The van der Waals surface area contributed by atoms with Crippen molar-refractivity contribution in [2.75, 3.05) is 5.32 Å². The van der Waals surface area contributed by atoms with Crippen LogP contribution in [-0.4, -0.2) is 29.7 Å². The topological polar surface area (TPSA) is 82.3 Å². The number of H-pyrrole nitrogens is 1. The lowest BCUT2D eigenvalue weighted by molar-refractivity contribution is -0.119. The highest BCUT2D eigenvalue weighted by Crippen LogP contribution is 2.27. The second kappa shape index (κ2) is 5.01. The largest absolute Gasteiger partial charge is 0.366 e. The quantitative estimate of drug-likeness (QED) is 0.883. The van der Waals surface area contributed by atoms with Gasteiger partial charge in [-0.15, -0.1) is 0 Å². The van der Waals surface area contributed by atoms with E-state index in [1.54, 1.807) is 25.3 Å². The Morgan fingerprint density at radius 3 is 2.71 bits per heavy atom. The minimum Gasteiger partial charge on any atom is -0.366 e. The zero-order valence-electron chi connectivity index (χ0n) is 11.4. The number of aromatic amines is 1. The molecule has 7 heteroatoms. The van der Waals surface area contributed by atoms with Crippen molar-refractivity contribution in [3.05, 3.63) is 48.3 Å². The van der Waals surface area contributed by atoms with Crippen LogP contribution in [0.4, 0.5) is 5.69 Å². The van der Waals surface area contributed by atoms with Gasteiger partial charge in [-0.2, -0.15) is 4.31 Å². The second-order valence-corrected chi connectivity index (χ2v) is 6.81. The summed E-state index contributed by atoms with van der Waals surface area (Å²) in [5.41, 5.74) is 1.43. The fourth-order valence-corrected chi connectivity index (χ4v) is 3.90. The molecule has 1 aromatic heterocycles. The summed E-state index contributed by atoms with van der Waals surface area (Å²) in [5.74, 6) is -0.334. The van der Waals surface area contributed by atoms with Crippen LogP contribution in [0.3, 0.4) is 0 Å². The highest BCUT2D eigenvalue weighted by molar-refractivity contribution is 7.89. The van der Waals surface area contributed by atoms with E-state index in [2.05, 4.69) is 10.3 Å². The second-order valence-electron chi connectivity index (χ2n) is 4.92. The molecule has 0 radical (unpaired) electrons. The number of fused-ring (bicyclic) bond motifs is 1.